The fourth-order valence-corrected chi connectivity index (χ4v) is 12.4. The number of aromatic amines is 2. The van der Waals surface area contributed by atoms with Crippen molar-refractivity contribution in [2.75, 3.05) is 124 Å². The maximum atomic E-state index is 17.4. The molecule has 4 aromatic carbocycles. The molecule has 3 aromatic heterocycles. The van der Waals surface area contributed by atoms with Crippen LogP contribution in [-0.4, -0.2) is 125 Å². The molecule has 8 bridgehead atoms. The van der Waals surface area contributed by atoms with Crippen LogP contribution in [0, 0.1) is 93.1 Å². The van der Waals surface area contributed by atoms with Crippen molar-refractivity contribution in [1.29, 1.82) is 0 Å². The summed E-state index contributed by atoms with van der Waals surface area (Å²) < 4.78 is 264. The van der Waals surface area contributed by atoms with Gasteiger partial charge in [-0.25, -0.2) is 80.2 Å². The molecule has 4 saturated heterocycles. The smallest absolute Gasteiger partial charge is 1.00 e. The van der Waals surface area contributed by atoms with Gasteiger partial charge in [-0.15, -0.1) is 0 Å². The predicted molar refractivity (Wildman–Crippen MR) is 300 cm³/mol. The van der Waals surface area contributed by atoms with Gasteiger partial charge in [0.25, 0.3) is 0 Å². The molecule has 6 aliphatic heterocycles. The van der Waals surface area contributed by atoms with E-state index in [-0.39, 0.29) is 159 Å². The van der Waals surface area contributed by atoms with Gasteiger partial charge in [0.15, 0.2) is 93.1 Å². The molecule has 9 heterocycles. The number of nitrogens with one attached hydrogen (secondary N) is 6. The van der Waals surface area contributed by atoms with E-state index in [0.29, 0.717) is 0 Å². The number of anilines is 4. The Morgan fingerprint density at radius 2 is 0.424 bits per heavy atom. The summed E-state index contributed by atoms with van der Waals surface area (Å²) in [5.41, 5.74) is -14.1. The minimum atomic E-state index is -2.32. The minimum Gasteiger partial charge on any atom is -1.00 e. The Hall–Kier alpha value is -7.21. The summed E-state index contributed by atoms with van der Waals surface area (Å²) in [6.45, 7) is -0.295. The van der Waals surface area contributed by atoms with E-state index in [0.717, 1.165) is 48.6 Å². The van der Waals surface area contributed by atoms with Gasteiger partial charge in [0.05, 0.1) is 67.8 Å². The molecule has 0 amide bonds. The first-order valence-electron chi connectivity index (χ1n) is 27.8. The normalized spacial score (nSPS) is 15.7. The number of H-pyrrole nitrogens is 2. The first-order chi connectivity index (χ1) is 42.4. The van der Waals surface area contributed by atoms with E-state index in [1.165, 1.54) is 19.6 Å². The van der Waals surface area contributed by atoms with Gasteiger partial charge in [0, 0.05) is 149 Å². The van der Waals surface area contributed by atoms with Crippen molar-refractivity contribution in [3.63, 3.8) is 0 Å². The van der Waals surface area contributed by atoms with Crippen LogP contribution in [0.2, 0.25) is 0 Å². The zero-order valence-electron chi connectivity index (χ0n) is 47.2. The van der Waals surface area contributed by atoms with Crippen molar-refractivity contribution in [3.8, 4) is 44.5 Å². The summed E-state index contributed by atoms with van der Waals surface area (Å²) in [6, 6.07) is 4.41. The molecule has 32 heteroatoms. The van der Waals surface area contributed by atoms with Crippen LogP contribution in [0.25, 0.3) is 90.9 Å². The second-order valence-electron chi connectivity index (χ2n) is 21.4. The Morgan fingerprint density at radius 1 is 0.250 bits per heavy atom. The molecule has 0 unspecified atom stereocenters. The Morgan fingerprint density at radius 3 is 0.609 bits per heavy atom. The standard InChI is InChI=1S/C60H46F16N12.3ClH.Fe/c61-41-37(57(53(73)49(69)45(41)65)85-17-9-77-10-18-85)33-25-1-2-26(81-25)34(38-42(62)46(66)50(70)54(74)58(38)86-19-11-78-12-20-86)28-5-6-30(83-28)36(40-44(64)48(68)52(72)56(76)60(40)88-23-15-80-16-24-88)32-8-7-31(84-32)35(29-4-3-27(33)82-29)39-43(63)47(67)51(71)55(75)59(39)87-21-13-79-14-22-87;;;;/h1-8,77-81,84H,9-24H2;3*1H;/q;;;;+3/p-3. The van der Waals surface area contributed by atoms with Gasteiger partial charge in [-0.2, -0.15) is 0 Å². The van der Waals surface area contributed by atoms with E-state index in [2.05, 4.69) is 31.2 Å². The Kier molecular flexibility index (Phi) is 20.6. The maximum Gasteiger partial charge on any atom is 3.00 e. The molecule has 0 atom stereocenters. The number of nitrogens with zero attached hydrogens (tertiary/aromatic N) is 6. The average Bonchev–Trinajstić information content (AvgIpc) is 1.36. The zero-order chi connectivity index (χ0) is 61.7. The van der Waals surface area contributed by atoms with Gasteiger partial charge in [0.1, 0.15) is 0 Å². The van der Waals surface area contributed by atoms with Crippen LogP contribution in [0.15, 0.2) is 24.3 Å². The van der Waals surface area contributed by atoms with E-state index in [9.17, 15) is 0 Å². The molecular weight excluding hydrogens is 1350 g/mol. The Labute approximate surface area is 541 Å². The minimum absolute atomic E-state index is 0. The number of halogens is 19. The molecule has 0 saturated carbocycles. The third-order valence-corrected chi connectivity index (χ3v) is 16.5. The average molecular weight is 1400 g/mol. The van der Waals surface area contributed by atoms with E-state index in [1.54, 1.807) is 0 Å². The second-order valence-corrected chi connectivity index (χ2v) is 21.4. The quantitative estimate of drug-likeness (QED) is 0.0586. The SMILES string of the molecule is Fc1c(F)c(F)c(N2CCNCC2)c(-c2c3nc(c(-c4c(F)c(F)c(F)c(F)c4N4CCNCC4)c4ccc([nH]4)c(-c4c(F)c(F)c(F)c(F)c4N4CCNCC4)c4nc(c(-c5c(F)c(F)c(F)c(F)c5N5CCNCC5)c5ccc2[nH]5)C=C4)C=C3)c1F.[Cl-].[Cl-].[Cl-].[Fe+3]. The number of aromatic nitrogens is 4. The van der Waals surface area contributed by atoms with Gasteiger partial charge < -0.3 is 88.1 Å². The molecule has 0 spiro atoms. The van der Waals surface area contributed by atoms with Crippen molar-refractivity contribution in [3.05, 3.63) is 140 Å². The first kappa shape index (κ1) is 69.1. The number of hydrogen-bond donors (Lipinski definition) is 6. The van der Waals surface area contributed by atoms with Gasteiger partial charge in [-0.05, 0) is 48.6 Å². The summed E-state index contributed by atoms with van der Waals surface area (Å²) in [4.78, 5) is 20.0. The van der Waals surface area contributed by atoms with E-state index in [1.807, 2.05) is 0 Å². The van der Waals surface area contributed by atoms with Crippen molar-refractivity contribution in [1.82, 2.24) is 41.2 Å². The number of hydrogen-bond acceptors (Lipinski definition) is 10. The van der Waals surface area contributed by atoms with Gasteiger partial charge in [-0.3, -0.25) is 0 Å². The van der Waals surface area contributed by atoms with Crippen LogP contribution in [-0.2, 0) is 17.1 Å². The van der Waals surface area contributed by atoms with Crippen LogP contribution in [0.1, 0.15) is 22.8 Å². The fraction of sp³-hybridized carbons (Fsp3) is 0.267. The number of fused-ring (bicyclic) bond motifs is 8. The largest absolute Gasteiger partial charge is 3.00 e. The summed E-state index contributed by atoms with van der Waals surface area (Å²) in [5, 5.41) is 12.1. The van der Waals surface area contributed by atoms with Gasteiger partial charge in [0.2, 0.25) is 0 Å². The van der Waals surface area contributed by atoms with E-state index >= 15 is 70.2 Å². The molecule has 12 nitrogen and oxygen atoms in total. The predicted octanol–water partition coefficient (Wildman–Crippen LogP) is 2.20. The van der Waals surface area contributed by atoms with Crippen LogP contribution in [0.4, 0.5) is 93.0 Å². The topological polar surface area (TPSA) is 118 Å². The van der Waals surface area contributed by atoms with Gasteiger partial charge >= 0.3 is 17.1 Å². The van der Waals surface area contributed by atoms with Crippen molar-refractivity contribution >= 4 is 69.1 Å². The van der Waals surface area contributed by atoms with Crippen LogP contribution >= 0.6 is 0 Å². The monoisotopic (exact) mass is 1400 g/mol. The molecule has 4 fully saturated rings. The Bertz CT molecular complexity index is 3800. The van der Waals surface area contributed by atoms with Crippen molar-refractivity contribution < 1.29 is 125 Å². The third kappa shape index (κ3) is 11.4. The number of piperazine rings is 4. The molecule has 92 heavy (non-hydrogen) atoms. The summed E-state index contributed by atoms with van der Waals surface area (Å²) >= 11 is 0. The molecule has 1 radical (unpaired) electrons. The van der Waals surface area contributed by atoms with E-state index in [4.69, 9.17) is 9.97 Å². The second kappa shape index (κ2) is 27.4. The molecule has 487 valence electrons. The molecule has 6 aliphatic rings. The van der Waals surface area contributed by atoms with Crippen LogP contribution < -0.4 is 78.1 Å². The van der Waals surface area contributed by atoms with Crippen molar-refractivity contribution in [2.24, 2.45) is 0 Å². The number of benzene rings is 4. The van der Waals surface area contributed by atoms with Crippen LogP contribution in [0.5, 0.6) is 0 Å². The summed E-state index contributed by atoms with van der Waals surface area (Å²) in [6.07, 6.45) is 4.30. The summed E-state index contributed by atoms with van der Waals surface area (Å²) in [7, 11) is 0. The number of rotatable bonds is 8. The Balaban J connectivity index is 0.00000250. The molecule has 0 aliphatic carbocycles. The fourth-order valence-electron chi connectivity index (χ4n) is 12.4. The molecule has 6 N–H and O–H groups in total. The zero-order valence-corrected chi connectivity index (χ0v) is 50.5. The van der Waals surface area contributed by atoms with Crippen molar-refractivity contribution in [2.45, 2.75) is 0 Å². The summed E-state index contributed by atoms with van der Waals surface area (Å²) in [5.74, 6) is -33.7. The molecule has 7 aromatic rings. The van der Waals surface area contributed by atoms with E-state index < -0.39 is 205 Å². The maximum absolute atomic E-state index is 17.4. The van der Waals surface area contributed by atoms with Crippen LogP contribution in [0.3, 0.4) is 0 Å². The first-order valence-corrected chi connectivity index (χ1v) is 27.8. The molecular formula is C60H46Cl3F16FeN12. The van der Waals surface area contributed by atoms with Gasteiger partial charge in [-0.1, -0.05) is 0 Å². The molecule has 13 rings (SSSR count). The third-order valence-electron chi connectivity index (χ3n) is 16.5.